The number of hydrogen-bond acceptors (Lipinski definition) is 3. The maximum atomic E-state index is 12.3. The summed E-state index contributed by atoms with van der Waals surface area (Å²) in [5.74, 6) is -0.181. The summed E-state index contributed by atoms with van der Waals surface area (Å²) in [7, 11) is 0. The quantitative estimate of drug-likeness (QED) is 0.793. The predicted octanol–water partition coefficient (Wildman–Crippen LogP) is 2.33. The lowest BCUT2D eigenvalue weighted by atomic mass is 9.97. The van der Waals surface area contributed by atoms with Crippen LogP contribution in [0.1, 0.15) is 61.3 Å². The number of carbonyl (C=O) groups excluding carboxylic acids is 2. The minimum atomic E-state index is -0.107. The maximum Gasteiger partial charge on any atom is 0.251 e. The molecule has 0 aromatic heterocycles. The first-order valence-corrected chi connectivity index (χ1v) is 8.67. The van der Waals surface area contributed by atoms with Crippen LogP contribution in [0.25, 0.3) is 0 Å². The highest BCUT2D eigenvalue weighted by atomic mass is 16.2. The molecule has 0 bridgehead atoms. The molecule has 0 aliphatic carbocycles. The van der Waals surface area contributed by atoms with Gasteiger partial charge in [0.2, 0.25) is 0 Å². The lowest BCUT2D eigenvalue weighted by molar-refractivity contribution is 0.0919. The fourth-order valence-corrected chi connectivity index (χ4v) is 2.75. The van der Waals surface area contributed by atoms with Gasteiger partial charge in [-0.05, 0) is 56.0 Å². The van der Waals surface area contributed by atoms with Crippen molar-refractivity contribution in [3.63, 3.8) is 0 Å². The minimum absolute atomic E-state index is 0.0431. The molecule has 1 fully saturated rings. The molecule has 1 heterocycles. The normalized spacial score (nSPS) is 21.2. The first-order valence-electron chi connectivity index (χ1n) is 8.67. The van der Waals surface area contributed by atoms with Gasteiger partial charge in [-0.3, -0.25) is 9.59 Å². The zero-order valence-corrected chi connectivity index (χ0v) is 15.1. The summed E-state index contributed by atoms with van der Waals surface area (Å²) in [4.78, 5) is 24.4. The Morgan fingerprint density at radius 3 is 2.25 bits per heavy atom. The van der Waals surface area contributed by atoms with Gasteiger partial charge in [-0.2, -0.15) is 0 Å². The molecule has 2 rings (SSSR count). The summed E-state index contributed by atoms with van der Waals surface area (Å²) in [6.45, 7) is 9.89. The molecular weight excluding hydrogens is 302 g/mol. The number of rotatable bonds is 4. The van der Waals surface area contributed by atoms with E-state index in [2.05, 4.69) is 43.6 Å². The molecule has 1 aliphatic rings. The Bertz CT molecular complexity index is 575. The van der Waals surface area contributed by atoms with Crippen LogP contribution in [0.3, 0.4) is 0 Å². The van der Waals surface area contributed by atoms with Gasteiger partial charge in [0.15, 0.2) is 0 Å². The van der Waals surface area contributed by atoms with Crippen molar-refractivity contribution in [2.75, 3.05) is 13.1 Å². The van der Waals surface area contributed by atoms with Gasteiger partial charge in [-0.1, -0.05) is 20.8 Å². The van der Waals surface area contributed by atoms with Crippen LogP contribution in [0, 0.1) is 5.41 Å². The van der Waals surface area contributed by atoms with E-state index in [1.165, 1.54) is 0 Å². The molecule has 3 N–H and O–H groups in total. The zero-order chi connectivity index (χ0) is 17.7. The van der Waals surface area contributed by atoms with Crippen molar-refractivity contribution in [3.8, 4) is 0 Å². The third kappa shape index (κ3) is 5.64. The maximum absolute atomic E-state index is 12.3. The Morgan fingerprint density at radius 2 is 1.71 bits per heavy atom. The zero-order valence-electron chi connectivity index (χ0n) is 15.1. The van der Waals surface area contributed by atoms with Crippen molar-refractivity contribution in [2.24, 2.45) is 5.41 Å². The second-order valence-corrected chi connectivity index (χ2v) is 7.87. The fraction of sp³-hybridized carbons (Fsp3) is 0.579. The monoisotopic (exact) mass is 331 g/mol. The second kappa shape index (κ2) is 7.79. The van der Waals surface area contributed by atoms with Crippen molar-refractivity contribution in [1.82, 2.24) is 16.0 Å². The van der Waals surface area contributed by atoms with Crippen LogP contribution in [-0.4, -0.2) is 37.0 Å². The number of amides is 2. The molecule has 2 amide bonds. The lowest BCUT2D eigenvalue weighted by Crippen LogP contribution is -2.46. The van der Waals surface area contributed by atoms with E-state index in [1.54, 1.807) is 24.3 Å². The van der Waals surface area contributed by atoms with Gasteiger partial charge in [0.05, 0.1) is 0 Å². The van der Waals surface area contributed by atoms with E-state index in [-0.39, 0.29) is 23.3 Å². The Morgan fingerprint density at radius 1 is 1.12 bits per heavy atom. The van der Waals surface area contributed by atoms with Gasteiger partial charge in [0.25, 0.3) is 11.8 Å². The number of benzene rings is 1. The third-order valence-electron chi connectivity index (χ3n) is 4.15. The molecule has 2 atom stereocenters. The van der Waals surface area contributed by atoms with Gasteiger partial charge in [0.1, 0.15) is 0 Å². The number of hydrogen-bond donors (Lipinski definition) is 3. The molecular formula is C19H29N3O2. The van der Waals surface area contributed by atoms with E-state index in [1.807, 2.05) is 0 Å². The van der Waals surface area contributed by atoms with Gasteiger partial charge in [-0.15, -0.1) is 0 Å². The topological polar surface area (TPSA) is 70.2 Å². The molecule has 2 unspecified atom stereocenters. The fourth-order valence-electron chi connectivity index (χ4n) is 2.75. The highest BCUT2D eigenvalue weighted by Gasteiger charge is 2.20. The number of carbonyl (C=O) groups is 2. The third-order valence-corrected chi connectivity index (χ3v) is 4.15. The molecule has 1 aromatic rings. The van der Waals surface area contributed by atoms with Crippen LogP contribution in [0.2, 0.25) is 0 Å². The molecule has 1 aromatic carbocycles. The Kier molecular flexibility index (Phi) is 5.99. The summed E-state index contributed by atoms with van der Waals surface area (Å²) in [5, 5.41) is 9.36. The minimum Gasteiger partial charge on any atom is -0.352 e. The van der Waals surface area contributed by atoms with E-state index < -0.39 is 0 Å². The summed E-state index contributed by atoms with van der Waals surface area (Å²) in [6, 6.07) is 7.48. The summed E-state index contributed by atoms with van der Waals surface area (Å²) < 4.78 is 0. The molecule has 0 radical (unpaired) electrons. The van der Waals surface area contributed by atoms with Gasteiger partial charge in [0, 0.05) is 29.8 Å². The molecule has 24 heavy (non-hydrogen) atoms. The van der Waals surface area contributed by atoms with Crippen molar-refractivity contribution in [2.45, 2.75) is 52.6 Å². The van der Waals surface area contributed by atoms with Crippen LogP contribution in [0.15, 0.2) is 24.3 Å². The highest BCUT2D eigenvalue weighted by Crippen LogP contribution is 2.12. The van der Waals surface area contributed by atoms with Crippen LogP contribution in [0.5, 0.6) is 0 Å². The first kappa shape index (κ1) is 18.5. The SMILES string of the molecule is CC1CC(NC(=O)c2ccc(C(=O)NCC(C)(C)C)cc2)CCN1. The van der Waals surface area contributed by atoms with Crippen LogP contribution < -0.4 is 16.0 Å². The first-order chi connectivity index (χ1) is 11.2. The smallest absolute Gasteiger partial charge is 0.251 e. The van der Waals surface area contributed by atoms with Crippen molar-refractivity contribution in [1.29, 1.82) is 0 Å². The van der Waals surface area contributed by atoms with Gasteiger partial charge >= 0.3 is 0 Å². The molecule has 0 spiro atoms. The van der Waals surface area contributed by atoms with E-state index >= 15 is 0 Å². The average molecular weight is 331 g/mol. The molecule has 0 saturated carbocycles. The second-order valence-electron chi connectivity index (χ2n) is 7.87. The van der Waals surface area contributed by atoms with Gasteiger partial charge in [-0.25, -0.2) is 0 Å². The van der Waals surface area contributed by atoms with Crippen molar-refractivity contribution >= 4 is 11.8 Å². The molecule has 1 saturated heterocycles. The predicted molar refractivity (Wildman–Crippen MR) is 96.2 cm³/mol. The van der Waals surface area contributed by atoms with E-state index in [4.69, 9.17) is 0 Å². The van der Waals surface area contributed by atoms with E-state index in [0.717, 1.165) is 19.4 Å². The standard InChI is InChI=1S/C19H29N3O2/c1-13-11-16(9-10-20-13)22-18(24)15-7-5-14(6-8-15)17(23)21-12-19(2,3)4/h5-8,13,16,20H,9-12H2,1-4H3,(H,21,23)(H,22,24). The Hall–Kier alpha value is -1.88. The Labute approximate surface area is 144 Å². The van der Waals surface area contributed by atoms with Crippen LogP contribution in [0.4, 0.5) is 0 Å². The van der Waals surface area contributed by atoms with Crippen LogP contribution in [-0.2, 0) is 0 Å². The van der Waals surface area contributed by atoms with Crippen molar-refractivity contribution < 1.29 is 9.59 Å². The summed E-state index contributed by atoms with van der Waals surface area (Å²) >= 11 is 0. The lowest BCUT2D eigenvalue weighted by Gasteiger charge is -2.28. The largest absolute Gasteiger partial charge is 0.352 e. The Balaban J connectivity index is 1.91. The van der Waals surface area contributed by atoms with E-state index in [0.29, 0.717) is 23.7 Å². The van der Waals surface area contributed by atoms with Crippen molar-refractivity contribution in [3.05, 3.63) is 35.4 Å². The van der Waals surface area contributed by atoms with Gasteiger partial charge < -0.3 is 16.0 Å². The molecule has 1 aliphatic heterocycles. The summed E-state index contributed by atoms with van der Waals surface area (Å²) in [5.41, 5.74) is 1.21. The molecule has 132 valence electrons. The average Bonchev–Trinajstić information content (AvgIpc) is 2.52. The van der Waals surface area contributed by atoms with Crippen LogP contribution >= 0.6 is 0 Å². The summed E-state index contributed by atoms with van der Waals surface area (Å²) in [6.07, 6.45) is 1.89. The molecule has 5 nitrogen and oxygen atoms in total. The molecule has 5 heteroatoms. The van der Waals surface area contributed by atoms with E-state index in [9.17, 15) is 9.59 Å². The number of nitrogens with one attached hydrogen (secondary N) is 3. The highest BCUT2D eigenvalue weighted by molar-refractivity contribution is 5.97. The number of piperidine rings is 1.